The molecule has 4 aliphatic rings. The number of hydrogen-bond acceptors (Lipinski definition) is 0. The van der Waals surface area contributed by atoms with E-state index in [1.54, 1.807) is 11.1 Å². The van der Waals surface area contributed by atoms with Gasteiger partial charge in [0.2, 0.25) is 0 Å². The first kappa shape index (κ1) is 35.8. The van der Waals surface area contributed by atoms with Gasteiger partial charge in [-0.1, -0.05) is 153 Å². The summed E-state index contributed by atoms with van der Waals surface area (Å²) in [7, 11) is 0. The molecule has 1 saturated carbocycles. The third-order valence-corrected chi connectivity index (χ3v) is 14.9. The van der Waals surface area contributed by atoms with Crippen molar-refractivity contribution in [3.05, 3.63) is 205 Å². The molecule has 0 radical (unpaired) electrons. The zero-order valence-corrected chi connectivity index (χ0v) is 35.0. The molecule has 4 aliphatic carbocycles. The van der Waals surface area contributed by atoms with Crippen LogP contribution in [0.4, 0.5) is 0 Å². The van der Waals surface area contributed by atoms with E-state index in [1.165, 1.54) is 126 Å². The first-order chi connectivity index (χ1) is 30.7. The molecular formula is C60H48N2. The predicted molar refractivity (Wildman–Crippen MR) is 262 cm³/mol. The fraction of sp³-hybridized carbons (Fsp3) is 0.167. The van der Waals surface area contributed by atoms with E-state index >= 15 is 0 Å². The summed E-state index contributed by atoms with van der Waals surface area (Å²) in [4.78, 5) is 0. The SMILES string of the molecule is C1=CC(C2C=CC(n3c4cc(-c5ccc6c(c5)c5ccccc5n6-c5ccc(-c6ccccc6)cc5)ccc4c4cc5c(cc43)-c3ccccc3C53CCCCC3)=CC2)=CCC1. The Balaban J connectivity index is 0.976. The first-order valence-corrected chi connectivity index (χ1v) is 22.9. The Morgan fingerprint density at radius 2 is 1.16 bits per heavy atom. The number of para-hydroxylation sites is 1. The summed E-state index contributed by atoms with van der Waals surface area (Å²) >= 11 is 0. The van der Waals surface area contributed by atoms with Gasteiger partial charge in [0.15, 0.2) is 0 Å². The molecule has 0 saturated heterocycles. The number of fused-ring (bicyclic) bond motifs is 11. The quantitative estimate of drug-likeness (QED) is 0.164. The lowest BCUT2D eigenvalue weighted by Gasteiger charge is -2.36. The van der Waals surface area contributed by atoms with Gasteiger partial charge in [-0.3, -0.25) is 0 Å². The van der Waals surface area contributed by atoms with Gasteiger partial charge in [0.25, 0.3) is 0 Å². The highest BCUT2D eigenvalue weighted by Crippen LogP contribution is 2.57. The van der Waals surface area contributed by atoms with Crippen molar-refractivity contribution in [3.63, 3.8) is 0 Å². The highest BCUT2D eigenvalue weighted by molar-refractivity contribution is 6.14. The van der Waals surface area contributed by atoms with Gasteiger partial charge in [-0.05, 0) is 137 Å². The van der Waals surface area contributed by atoms with Crippen molar-refractivity contribution in [2.45, 2.75) is 56.8 Å². The number of benzene rings is 7. The number of hydrogen-bond donors (Lipinski definition) is 0. The molecule has 62 heavy (non-hydrogen) atoms. The molecule has 13 rings (SSSR count). The van der Waals surface area contributed by atoms with Crippen molar-refractivity contribution in [2.24, 2.45) is 5.92 Å². The molecule has 1 fully saturated rings. The molecule has 7 aromatic carbocycles. The monoisotopic (exact) mass is 796 g/mol. The van der Waals surface area contributed by atoms with Crippen molar-refractivity contribution in [2.75, 3.05) is 0 Å². The van der Waals surface area contributed by atoms with Crippen molar-refractivity contribution in [1.29, 1.82) is 0 Å². The van der Waals surface area contributed by atoms with Gasteiger partial charge in [-0.25, -0.2) is 0 Å². The maximum Gasteiger partial charge on any atom is 0.0547 e. The normalized spacial score (nSPS) is 17.8. The van der Waals surface area contributed by atoms with Crippen LogP contribution in [0, 0.1) is 5.92 Å². The summed E-state index contributed by atoms with van der Waals surface area (Å²) < 4.78 is 5.01. The van der Waals surface area contributed by atoms with E-state index in [0.29, 0.717) is 5.92 Å². The van der Waals surface area contributed by atoms with Crippen LogP contribution in [0.2, 0.25) is 0 Å². The van der Waals surface area contributed by atoms with E-state index in [9.17, 15) is 0 Å². The smallest absolute Gasteiger partial charge is 0.0547 e. The van der Waals surface area contributed by atoms with E-state index in [0.717, 1.165) is 19.3 Å². The van der Waals surface area contributed by atoms with E-state index in [-0.39, 0.29) is 5.41 Å². The molecule has 0 amide bonds. The predicted octanol–water partition coefficient (Wildman–Crippen LogP) is 16.1. The van der Waals surface area contributed by atoms with Crippen LogP contribution < -0.4 is 0 Å². The second-order valence-corrected chi connectivity index (χ2v) is 18.2. The summed E-state index contributed by atoms with van der Waals surface area (Å²) in [5.41, 5.74) is 20.0. The Bertz CT molecular complexity index is 3390. The van der Waals surface area contributed by atoms with Crippen LogP contribution in [0.3, 0.4) is 0 Å². The molecule has 9 aromatic rings. The van der Waals surface area contributed by atoms with Crippen molar-refractivity contribution in [3.8, 4) is 39.1 Å². The Labute approximate surface area is 363 Å². The summed E-state index contributed by atoms with van der Waals surface area (Å²) in [5.74, 6) is 0.428. The Kier molecular flexibility index (Phi) is 8.13. The maximum absolute atomic E-state index is 2.62. The minimum absolute atomic E-state index is 0.115. The van der Waals surface area contributed by atoms with Crippen LogP contribution in [0.5, 0.6) is 0 Å². The largest absolute Gasteiger partial charge is 0.310 e. The molecule has 1 spiro atoms. The third kappa shape index (κ3) is 5.42. The van der Waals surface area contributed by atoms with Gasteiger partial charge in [-0.15, -0.1) is 0 Å². The summed E-state index contributed by atoms with van der Waals surface area (Å²) in [6.45, 7) is 0. The van der Waals surface area contributed by atoms with Crippen LogP contribution in [0.15, 0.2) is 194 Å². The van der Waals surface area contributed by atoms with Crippen LogP contribution in [0.25, 0.3) is 88.4 Å². The molecule has 298 valence electrons. The molecule has 1 atom stereocenters. The molecule has 2 heterocycles. The molecule has 2 aromatic heterocycles. The van der Waals surface area contributed by atoms with Crippen LogP contribution in [0.1, 0.15) is 62.5 Å². The average molecular weight is 797 g/mol. The third-order valence-electron chi connectivity index (χ3n) is 14.9. The number of rotatable bonds is 5. The fourth-order valence-electron chi connectivity index (χ4n) is 11.9. The number of nitrogens with zero attached hydrogens (tertiary/aromatic N) is 2. The molecule has 2 heteroatoms. The molecule has 0 aliphatic heterocycles. The van der Waals surface area contributed by atoms with Crippen LogP contribution in [-0.4, -0.2) is 9.13 Å². The lowest BCUT2D eigenvalue weighted by Crippen LogP contribution is -2.27. The van der Waals surface area contributed by atoms with Crippen molar-refractivity contribution in [1.82, 2.24) is 9.13 Å². The second kappa shape index (κ2) is 14.1. The number of allylic oxidation sites excluding steroid dienone is 8. The molecule has 1 unspecified atom stereocenters. The lowest BCUT2D eigenvalue weighted by atomic mass is 9.68. The van der Waals surface area contributed by atoms with Gasteiger partial charge in [0.05, 0.1) is 22.1 Å². The van der Waals surface area contributed by atoms with E-state index in [4.69, 9.17) is 0 Å². The van der Waals surface area contributed by atoms with Crippen molar-refractivity contribution < 1.29 is 0 Å². The van der Waals surface area contributed by atoms with Crippen LogP contribution >= 0.6 is 0 Å². The van der Waals surface area contributed by atoms with Gasteiger partial charge in [0, 0.05) is 44.3 Å². The van der Waals surface area contributed by atoms with Crippen LogP contribution in [-0.2, 0) is 5.41 Å². The van der Waals surface area contributed by atoms with E-state index in [2.05, 4.69) is 197 Å². The van der Waals surface area contributed by atoms with E-state index in [1.807, 2.05) is 0 Å². The summed E-state index contributed by atoms with van der Waals surface area (Å²) in [5, 5.41) is 5.25. The standard InChI is InChI=1S/C60H48N2/c1-4-14-40(15-5-1)42-22-28-46(29-23-42)61-56-21-11-9-19-49(56)52-36-44(27-33-57(52)61)45-26-32-50-53-38-55-51(48-18-8-10-20-54(48)60(55)34-12-3-13-35-60)39-59(53)62(58(50)37-45)47-30-24-43(25-31-47)41-16-6-2-7-17-41/h1,4-6,8-11,14-24,26-33,36-39,43H,2-3,7,12-13,25,34-35H2. The zero-order valence-electron chi connectivity index (χ0n) is 35.0. The molecule has 0 bridgehead atoms. The Hall–Kier alpha value is -6.90. The van der Waals surface area contributed by atoms with Gasteiger partial charge in [-0.2, -0.15) is 0 Å². The molecule has 0 N–H and O–H groups in total. The first-order valence-electron chi connectivity index (χ1n) is 22.9. The molecular weight excluding hydrogens is 749 g/mol. The Morgan fingerprint density at radius 3 is 2.00 bits per heavy atom. The number of aromatic nitrogens is 2. The second-order valence-electron chi connectivity index (χ2n) is 18.2. The molecule has 2 nitrogen and oxygen atoms in total. The maximum atomic E-state index is 2.62. The summed E-state index contributed by atoms with van der Waals surface area (Å²) in [6, 6.07) is 57.4. The lowest BCUT2D eigenvalue weighted by molar-refractivity contribution is 0.353. The zero-order chi connectivity index (χ0) is 40.8. The topological polar surface area (TPSA) is 9.86 Å². The average Bonchev–Trinajstić information content (AvgIpc) is 3.94. The van der Waals surface area contributed by atoms with Gasteiger partial charge < -0.3 is 9.13 Å². The van der Waals surface area contributed by atoms with Crippen molar-refractivity contribution >= 4 is 49.3 Å². The highest BCUT2D eigenvalue weighted by Gasteiger charge is 2.44. The van der Waals surface area contributed by atoms with E-state index < -0.39 is 0 Å². The van der Waals surface area contributed by atoms with Gasteiger partial charge >= 0.3 is 0 Å². The van der Waals surface area contributed by atoms with Gasteiger partial charge in [0.1, 0.15) is 0 Å². The highest BCUT2D eigenvalue weighted by atomic mass is 15.0. The minimum Gasteiger partial charge on any atom is -0.310 e. The minimum atomic E-state index is 0.115. The fourth-order valence-corrected chi connectivity index (χ4v) is 11.9. The summed E-state index contributed by atoms with van der Waals surface area (Å²) in [6.07, 6.45) is 24.2. The Morgan fingerprint density at radius 1 is 0.452 bits per heavy atom.